The van der Waals surface area contributed by atoms with Crippen molar-refractivity contribution in [2.75, 3.05) is 24.1 Å². The molecule has 34 heavy (non-hydrogen) atoms. The summed E-state index contributed by atoms with van der Waals surface area (Å²) in [5.74, 6) is 0.445. The zero-order valence-electron chi connectivity index (χ0n) is 17.6. The first-order valence-corrected chi connectivity index (χ1v) is 12.3. The molecule has 0 saturated heterocycles. The van der Waals surface area contributed by atoms with Crippen LogP contribution in [0.1, 0.15) is 5.56 Å². The Balaban J connectivity index is 1.56. The number of para-hydroxylation sites is 1. The molecule has 3 aromatic rings. The number of carbonyl (C=O) groups is 1. The van der Waals surface area contributed by atoms with Crippen molar-refractivity contribution in [3.8, 4) is 11.5 Å². The predicted molar refractivity (Wildman–Crippen MR) is 131 cm³/mol. The van der Waals surface area contributed by atoms with Crippen molar-refractivity contribution < 1.29 is 22.7 Å². The summed E-state index contributed by atoms with van der Waals surface area (Å²) in [6.07, 6.45) is 1.40. The van der Waals surface area contributed by atoms with E-state index in [1.165, 1.54) is 36.5 Å². The summed E-state index contributed by atoms with van der Waals surface area (Å²) in [6, 6.07) is 17.4. The standard InChI is InChI=1S/C23H19Cl2N3O5S/c24-19-10-9-17(13-20(19)25)28(34(30,31)18-6-2-1-3-7-18)15-22(29)27-26-14-16-5-4-8-21-23(16)33-12-11-32-21/h1-10,13-14H,11-12,15H2,(H,27,29). The van der Waals surface area contributed by atoms with Crippen molar-refractivity contribution in [2.24, 2.45) is 5.10 Å². The van der Waals surface area contributed by atoms with E-state index < -0.39 is 22.5 Å². The minimum atomic E-state index is -4.09. The van der Waals surface area contributed by atoms with Gasteiger partial charge in [0.25, 0.3) is 15.9 Å². The van der Waals surface area contributed by atoms with Crippen LogP contribution in [0.25, 0.3) is 0 Å². The van der Waals surface area contributed by atoms with E-state index in [2.05, 4.69) is 10.5 Å². The quantitative estimate of drug-likeness (QED) is 0.374. The number of rotatable bonds is 7. The van der Waals surface area contributed by atoms with Gasteiger partial charge in [0, 0.05) is 5.56 Å². The van der Waals surface area contributed by atoms with E-state index in [0.29, 0.717) is 30.3 Å². The highest BCUT2D eigenvalue weighted by molar-refractivity contribution is 7.92. The van der Waals surface area contributed by atoms with Gasteiger partial charge in [-0.25, -0.2) is 13.8 Å². The lowest BCUT2D eigenvalue weighted by Crippen LogP contribution is -2.39. The smallest absolute Gasteiger partial charge is 0.264 e. The second-order valence-corrected chi connectivity index (χ2v) is 9.76. The third kappa shape index (κ3) is 5.27. The number of carbonyl (C=O) groups excluding carboxylic acids is 1. The van der Waals surface area contributed by atoms with Crippen LogP contribution in [0.4, 0.5) is 5.69 Å². The zero-order chi connectivity index (χ0) is 24.1. The second kappa shape index (κ2) is 10.3. The number of hydrogen-bond donors (Lipinski definition) is 1. The molecule has 0 fully saturated rings. The number of ether oxygens (including phenoxy) is 2. The van der Waals surface area contributed by atoms with Crippen LogP contribution in [0.15, 0.2) is 76.7 Å². The van der Waals surface area contributed by atoms with Gasteiger partial charge in [0.05, 0.1) is 26.8 Å². The number of hydrogen-bond acceptors (Lipinski definition) is 6. The van der Waals surface area contributed by atoms with E-state index in [1.54, 1.807) is 36.4 Å². The van der Waals surface area contributed by atoms with Gasteiger partial charge in [-0.05, 0) is 42.5 Å². The van der Waals surface area contributed by atoms with Crippen molar-refractivity contribution in [3.05, 3.63) is 82.3 Å². The van der Waals surface area contributed by atoms with E-state index in [0.717, 1.165) is 4.31 Å². The first-order valence-electron chi connectivity index (χ1n) is 10.1. The fourth-order valence-electron chi connectivity index (χ4n) is 3.21. The number of halogens is 2. The highest BCUT2D eigenvalue weighted by Gasteiger charge is 2.27. The monoisotopic (exact) mass is 519 g/mol. The van der Waals surface area contributed by atoms with Crippen molar-refractivity contribution in [1.82, 2.24) is 5.43 Å². The van der Waals surface area contributed by atoms with Gasteiger partial charge in [-0.15, -0.1) is 0 Å². The molecule has 0 aliphatic carbocycles. The van der Waals surface area contributed by atoms with Gasteiger partial charge in [-0.3, -0.25) is 9.10 Å². The Hall–Kier alpha value is -3.27. The summed E-state index contributed by atoms with van der Waals surface area (Å²) in [4.78, 5) is 12.7. The molecule has 4 rings (SSSR count). The van der Waals surface area contributed by atoms with E-state index in [-0.39, 0.29) is 20.6 Å². The molecule has 0 spiro atoms. The Morgan fingerprint density at radius 3 is 2.53 bits per heavy atom. The Morgan fingerprint density at radius 2 is 1.76 bits per heavy atom. The molecule has 0 aromatic heterocycles. The normalized spacial score (nSPS) is 13.0. The third-order valence-electron chi connectivity index (χ3n) is 4.80. The van der Waals surface area contributed by atoms with Crippen LogP contribution in [-0.4, -0.2) is 40.3 Å². The molecule has 1 N–H and O–H groups in total. The van der Waals surface area contributed by atoms with Crippen LogP contribution < -0.4 is 19.2 Å². The minimum Gasteiger partial charge on any atom is -0.486 e. The molecule has 8 nitrogen and oxygen atoms in total. The number of sulfonamides is 1. The number of nitrogens with zero attached hydrogens (tertiary/aromatic N) is 2. The fourth-order valence-corrected chi connectivity index (χ4v) is 4.94. The number of nitrogens with one attached hydrogen (secondary N) is 1. The summed E-state index contributed by atoms with van der Waals surface area (Å²) >= 11 is 12.1. The molecule has 0 radical (unpaired) electrons. The number of benzene rings is 3. The van der Waals surface area contributed by atoms with Gasteiger partial charge in [0.1, 0.15) is 19.8 Å². The van der Waals surface area contributed by atoms with Crippen LogP contribution >= 0.6 is 23.2 Å². The largest absolute Gasteiger partial charge is 0.486 e. The van der Waals surface area contributed by atoms with Gasteiger partial charge in [-0.2, -0.15) is 5.10 Å². The second-order valence-electron chi connectivity index (χ2n) is 7.09. The molecule has 0 bridgehead atoms. The maximum Gasteiger partial charge on any atom is 0.264 e. The summed E-state index contributed by atoms with van der Waals surface area (Å²) < 4.78 is 38.7. The fraction of sp³-hybridized carbons (Fsp3) is 0.130. The molecule has 0 atom stereocenters. The van der Waals surface area contributed by atoms with Crippen LogP contribution in [0, 0.1) is 0 Å². The average molecular weight is 520 g/mol. The molecule has 11 heteroatoms. The first kappa shape index (κ1) is 23.9. The molecule has 1 heterocycles. The first-order chi connectivity index (χ1) is 16.4. The van der Waals surface area contributed by atoms with Gasteiger partial charge in [-0.1, -0.05) is 47.5 Å². The highest BCUT2D eigenvalue weighted by Crippen LogP contribution is 2.33. The highest BCUT2D eigenvalue weighted by atomic mass is 35.5. The topological polar surface area (TPSA) is 97.3 Å². The van der Waals surface area contributed by atoms with Gasteiger partial charge in [0.2, 0.25) is 0 Å². The lowest BCUT2D eigenvalue weighted by atomic mass is 10.2. The maximum absolute atomic E-state index is 13.3. The van der Waals surface area contributed by atoms with Crippen molar-refractivity contribution >= 4 is 51.0 Å². The van der Waals surface area contributed by atoms with Crippen LogP contribution in [0.2, 0.25) is 10.0 Å². The SMILES string of the molecule is O=C(CN(c1ccc(Cl)c(Cl)c1)S(=O)(=O)c1ccccc1)NN=Cc1cccc2c1OCCO2. The van der Waals surface area contributed by atoms with Gasteiger partial charge in [0.15, 0.2) is 11.5 Å². The molecule has 1 aliphatic heterocycles. The Morgan fingerprint density at radius 1 is 1.00 bits per heavy atom. The van der Waals surface area contributed by atoms with E-state index >= 15 is 0 Å². The van der Waals surface area contributed by atoms with Crippen LogP contribution in [0.3, 0.4) is 0 Å². The average Bonchev–Trinajstić information content (AvgIpc) is 2.85. The number of hydrazone groups is 1. The molecular formula is C23H19Cl2N3O5S. The molecule has 0 unspecified atom stereocenters. The molecule has 176 valence electrons. The number of amides is 1. The Bertz CT molecular complexity index is 1330. The minimum absolute atomic E-state index is 0.0189. The molecule has 0 saturated carbocycles. The van der Waals surface area contributed by atoms with Crippen molar-refractivity contribution in [3.63, 3.8) is 0 Å². The van der Waals surface area contributed by atoms with Gasteiger partial charge >= 0.3 is 0 Å². The lowest BCUT2D eigenvalue weighted by molar-refractivity contribution is -0.119. The van der Waals surface area contributed by atoms with E-state index in [1.807, 2.05) is 0 Å². The van der Waals surface area contributed by atoms with Crippen molar-refractivity contribution in [1.29, 1.82) is 0 Å². The summed E-state index contributed by atoms with van der Waals surface area (Å²) in [5, 5.41) is 4.37. The summed E-state index contributed by atoms with van der Waals surface area (Å²) in [5.41, 5.74) is 3.14. The molecule has 1 aliphatic rings. The summed E-state index contributed by atoms with van der Waals surface area (Å²) in [7, 11) is -4.09. The van der Waals surface area contributed by atoms with Crippen LogP contribution in [0.5, 0.6) is 11.5 Å². The Labute approximate surface area is 206 Å². The Kier molecular flexibility index (Phi) is 7.26. The molecular weight excluding hydrogens is 501 g/mol. The zero-order valence-corrected chi connectivity index (χ0v) is 20.0. The number of anilines is 1. The summed E-state index contributed by atoms with van der Waals surface area (Å²) in [6.45, 7) is 0.310. The third-order valence-corrected chi connectivity index (χ3v) is 7.33. The lowest BCUT2D eigenvalue weighted by Gasteiger charge is -2.24. The van der Waals surface area contributed by atoms with Gasteiger partial charge < -0.3 is 9.47 Å². The number of fused-ring (bicyclic) bond motifs is 1. The van der Waals surface area contributed by atoms with E-state index in [9.17, 15) is 13.2 Å². The molecule has 1 amide bonds. The van der Waals surface area contributed by atoms with Crippen molar-refractivity contribution in [2.45, 2.75) is 4.90 Å². The van der Waals surface area contributed by atoms with E-state index in [4.69, 9.17) is 32.7 Å². The molecule has 3 aromatic carbocycles. The maximum atomic E-state index is 13.3. The van der Waals surface area contributed by atoms with Crippen LogP contribution in [-0.2, 0) is 14.8 Å². The predicted octanol–water partition coefficient (Wildman–Crippen LogP) is 4.11.